The summed E-state index contributed by atoms with van der Waals surface area (Å²) in [7, 11) is 0. The van der Waals surface area contributed by atoms with Gasteiger partial charge in [-0.05, 0) is 51.1 Å². The van der Waals surface area contributed by atoms with Crippen LogP contribution in [-0.4, -0.2) is 59.1 Å². The van der Waals surface area contributed by atoms with Crippen molar-refractivity contribution in [3.05, 3.63) is 53.6 Å². The average Bonchev–Trinajstić information content (AvgIpc) is 2.69. The number of aliphatic hydroxyl groups excluding tert-OH is 1. The lowest BCUT2D eigenvalue weighted by molar-refractivity contribution is -0.163. The van der Waals surface area contributed by atoms with Crippen molar-refractivity contribution < 1.29 is 34.0 Å². The fourth-order valence-electron chi connectivity index (χ4n) is 2.80. The molecule has 2 N–H and O–H groups in total. The van der Waals surface area contributed by atoms with Gasteiger partial charge in [0.25, 0.3) is 0 Å². The Labute approximate surface area is 180 Å². The number of carbonyl (C=O) groups excluding carboxylic acids is 2. The molecule has 8 heteroatoms. The van der Waals surface area contributed by atoms with Crippen LogP contribution < -0.4 is 4.74 Å². The van der Waals surface area contributed by atoms with Crippen LogP contribution in [0.15, 0.2) is 48.6 Å². The molecule has 3 unspecified atom stereocenters. The summed E-state index contributed by atoms with van der Waals surface area (Å²) in [6.45, 7) is 4.01. The Kier molecular flexibility index (Phi) is 8.20. The third-order valence-corrected chi connectivity index (χ3v) is 4.88. The Bertz CT molecular complexity index is 800. The van der Waals surface area contributed by atoms with Crippen LogP contribution in [-0.2, 0) is 19.1 Å². The quantitative estimate of drug-likeness (QED) is 0.541. The molecule has 0 saturated heterocycles. The third kappa shape index (κ3) is 6.40. The molecule has 164 valence electrons. The second kappa shape index (κ2) is 10.2. The molecule has 1 aromatic carbocycles. The first kappa shape index (κ1) is 24.1. The van der Waals surface area contributed by atoms with E-state index in [4.69, 9.17) is 25.8 Å². The molecule has 0 amide bonds. The largest absolute Gasteiger partial charge is 0.476 e. The maximum Gasteiger partial charge on any atom is 0.349 e. The van der Waals surface area contributed by atoms with E-state index in [0.29, 0.717) is 10.8 Å². The number of halogens is 1. The smallest absolute Gasteiger partial charge is 0.349 e. The Morgan fingerprint density at radius 1 is 1.20 bits per heavy atom. The number of hydrogen-bond donors (Lipinski definition) is 2. The number of hydrogen-bond acceptors (Lipinski definition) is 7. The van der Waals surface area contributed by atoms with Gasteiger partial charge in [-0.15, -0.1) is 0 Å². The first-order valence-corrected chi connectivity index (χ1v) is 9.89. The van der Waals surface area contributed by atoms with Crippen molar-refractivity contribution in [2.24, 2.45) is 5.92 Å². The van der Waals surface area contributed by atoms with Gasteiger partial charge in [-0.25, -0.2) is 4.79 Å². The maximum atomic E-state index is 12.3. The van der Waals surface area contributed by atoms with E-state index in [1.165, 1.54) is 13.0 Å². The molecule has 0 spiro atoms. The highest BCUT2D eigenvalue weighted by Gasteiger charge is 2.39. The first-order chi connectivity index (χ1) is 14.0. The van der Waals surface area contributed by atoms with Crippen molar-refractivity contribution in [1.82, 2.24) is 0 Å². The van der Waals surface area contributed by atoms with E-state index >= 15 is 0 Å². The second-order valence-electron chi connectivity index (χ2n) is 7.59. The van der Waals surface area contributed by atoms with Gasteiger partial charge in [-0.2, -0.15) is 0 Å². The van der Waals surface area contributed by atoms with E-state index in [9.17, 15) is 19.8 Å². The monoisotopic (exact) mass is 438 g/mol. The summed E-state index contributed by atoms with van der Waals surface area (Å²) in [5.41, 5.74) is -2.90. The van der Waals surface area contributed by atoms with Crippen molar-refractivity contribution in [3.8, 4) is 5.75 Å². The van der Waals surface area contributed by atoms with E-state index in [1.54, 1.807) is 56.3 Å². The molecule has 0 aromatic heterocycles. The van der Waals surface area contributed by atoms with Crippen LogP contribution >= 0.6 is 11.6 Å². The highest BCUT2D eigenvalue weighted by atomic mass is 35.5. The van der Waals surface area contributed by atoms with Crippen molar-refractivity contribution in [1.29, 1.82) is 0 Å². The summed E-state index contributed by atoms with van der Waals surface area (Å²) in [5, 5.41) is 21.0. The number of rotatable bonds is 10. The molecular formula is C22H27ClO7. The van der Waals surface area contributed by atoms with E-state index in [-0.39, 0.29) is 19.8 Å². The zero-order valence-electron chi connectivity index (χ0n) is 17.2. The van der Waals surface area contributed by atoms with E-state index in [1.807, 2.05) is 0 Å². The number of ketones is 1. The highest BCUT2D eigenvalue weighted by Crippen LogP contribution is 2.26. The number of Topliss-reactive ketones (excluding diaryl/α,β-unsaturated/α-hetero) is 1. The molecule has 30 heavy (non-hydrogen) atoms. The van der Waals surface area contributed by atoms with Crippen molar-refractivity contribution >= 4 is 23.4 Å². The molecule has 0 aliphatic heterocycles. The molecule has 0 saturated carbocycles. The van der Waals surface area contributed by atoms with Gasteiger partial charge in [0.2, 0.25) is 0 Å². The van der Waals surface area contributed by atoms with Gasteiger partial charge >= 0.3 is 5.97 Å². The van der Waals surface area contributed by atoms with E-state index in [0.717, 1.165) is 0 Å². The molecule has 3 atom stereocenters. The molecule has 0 bridgehead atoms. The lowest BCUT2D eigenvalue weighted by atomic mass is 9.81. The summed E-state index contributed by atoms with van der Waals surface area (Å²) in [5.74, 6) is -1.16. The molecule has 0 heterocycles. The molecule has 1 aromatic rings. The molecule has 0 radical (unpaired) electrons. The number of ether oxygens (including phenoxy) is 3. The summed E-state index contributed by atoms with van der Waals surface area (Å²) in [4.78, 5) is 24.0. The van der Waals surface area contributed by atoms with Crippen LogP contribution in [0.2, 0.25) is 5.02 Å². The first-order valence-electron chi connectivity index (χ1n) is 9.51. The van der Waals surface area contributed by atoms with Gasteiger partial charge in [0, 0.05) is 10.9 Å². The minimum absolute atomic E-state index is 0.0209. The summed E-state index contributed by atoms with van der Waals surface area (Å²) < 4.78 is 16.2. The Balaban J connectivity index is 1.77. The predicted molar refractivity (Wildman–Crippen MR) is 111 cm³/mol. The lowest BCUT2D eigenvalue weighted by Gasteiger charge is -2.31. The molecule has 7 nitrogen and oxygen atoms in total. The molecule has 1 aliphatic carbocycles. The normalized spacial score (nSPS) is 21.9. The number of benzene rings is 1. The van der Waals surface area contributed by atoms with Gasteiger partial charge in [0.05, 0.1) is 13.2 Å². The number of allylic oxidation sites excluding steroid dienone is 2. The van der Waals surface area contributed by atoms with E-state index < -0.39 is 35.0 Å². The van der Waals surface area contributed by atoms with Crippen LogP contribution in [0, 0.1) is 5.92 Å². The minimum Gasteiger partial charge on any atom is -0.476 e. The molecular weight excluding hydrogens is 412 g/mol. The zero-order valence-corrected chi connectivity index (χ0v) is 18.0. The summed E-state index contributed by atoms with van der Waals surface area (Å²) in [6, 6.07) is 6.56. The van der Waals surface area contributed by atoms with Crippen LogP contribution in [0.3, 0.4) is 0 Å². The van der Waals surface area contributed by atoms with Gasteiger partial charge in [0.1, 0.15) is 24.1 Å². The molecule has 2 rings (SSSR count). The Hall–Kier alpha value is -2.19. The minimum atomic E-state index is -1.63. The fourth-order valence-corrected chi connectivity index (χ4v) is 2.92. The van der Waals surface area contributed by atoms with Gasteiger partial charge in [-0.1, -0.05) is 29.8 Å². The van der Waals surface area contributed by atoms with Crippen LogP contribution in [0.4, 0.5) is 0 Å². The van der Waals surface area contributed by atoms with Crippen LogP contribution in [0.1, 0.15) is 20.8 Å². The molecule has 1 aliphatic rings. The van der Waals surface area contributed by atoms with Gasteiger partial charge < -0.3 is 24.4 Å². The third-order valence-electron chi connectivity index (χ3n) is 4.63. The average molecular weight is 439 g/mol. The Morgan fingerprint density at radius 2 is 1.87 bits per heavy atom. The highest BCUT2D eigenvalue weighted by molar-refractivity contribution is 6.30. The standard InChI is InChI=1S/C22H27ClO7/c1-15(24)22(27)11-5-4-6-16(22)12-28-13-18(25)14-29-20(26)21(2,3)30-19-9-7-17(23)8-10-19/h4-11,16,18,25,27H,12-14H2,1-3H3. The molecule has 0 fully saturated rings. The lowest BCUT2D eigenvalue weighted by Crippen LogP contribution is -2.45. The number of carbonyl (C=O) groups is 2. The van der Waals surface area contributed by atoms with Crippen LogP contribution in [0.25, 0.3) is 0 Å². The van der Waals surface area contributed by atoms with E-state index in [2.05, 4.69) is 0 Å². The number of aliphatic hydroxyl groups is 2. The number of esters is 1. The van der Waals surface area contributed by atoms with Crippen molar-refractivity contribution in [3.63, 3.8) is 0 Å². The summed E-state index contributed by atoms with van der Waals surface area (Å²) >= 11 is 5.83. The topological polar surface area (TPSA) is 102 Å². The van der Waals surface area contributed by atoms with Crippen molar-refractivity contribution in [2.75, 3.05) is 19.8 Å². The fraction of sp³-hybridized carbons (Fsp3) is 0.455. The maximum absolute atomic E-state index is 12.3. The predicted octanol–water partition coefficient (Wildman–Crippen LogP) is 2.48. The SMILES string of the molecule is CC(=O)C1(O)C=CC=CC1COCC(O)COC(=O)C(C)(C)Oc1ccc(Cl)cc1. The van der Waals surface area contributed by atoms with Crippen molar-refractivity contribution in [2.45, 2.75) is 38.1 Å². The van der Waals surface area contributed by atoms with Gasteiger partial charge in [-0.3, -0.25) is 4.79 Å². The van der Waals surface area contributed by atoms with Gasteiger partial charge in [0.15, 0.2) is 11.4 Å². The van der Waals surface area contributed by atoms with Crippen LogP contribution in [0.5, 0.6) is 5.75 Å². The summed E-state index contributed by atoms with van der Waals surface area (Å²) in [6.07, 6.45) is 5.33. The Morgan fingerprint density at radius 3 is 2.50 bits per heavy atom. The second-order valence-corrected chi connectivity index (χ2v) is 8.02. The zero-order chi connectivity index (χ0) is 22.4.